The van der Waals surface area contributed by atoms with Crippen LogP contribution in [-0.4, -0.2) is 46.5 Å². The van der Waals surface area contributed by atoms with Crippen LogP contribution in [0.2, 0.25) is 0 Å². The number of benzene rings is 1. The van der Waals surface area contributed by atoms with E-state index in [0.29, 0.717) is 21.8 Å². The highest BCUT2D eigenvalue weighted by atomic mass is 16.5. The Morgan fingerprint density at radius 3 is 2.53 bits per heavy atom. The summed E-state index contributed by atoms with van der Waals surface area (Å²) in [4.78, 5) is 64.5. The molecule has 9 heteroatoms. The number of carbonyl (C=O) groups excluding carboxylic acids is 5. The van der Waals surface area contributed by atoms with Gasteiger partial charge in [0.15, 0.2) is 11.6 Å². The maximum Gasteiger partial charge on any atom is 0.328 e. The van der Waals surface area contributed by atoms with Crippen molar-refractivity contribution < 1.29 is 33.8 Å². The zero-order valence-corrected chi connectivity index (χ0v) is 18.5. The first-order valence-electron chi connectivity index (χ1n) is 10.9. The lowest BCUT2D eigenvalue weighted by atomic mass is 9.59. The number of hydrogen-bond acceptors (Lipinski definition) is 7. The fraction of sp³-hybridized carbons (Fsp3) is 0.320. The second-order valence-electron chi connectivity index (χ2n) is 9.00. The fourth-order valence-corrected chi connectivity index (χ4v) is 5.85. The SMILES string of the molecule is COc1ccc(C2C3=CCC4C(=O)N(C(N)=O)C(=O)C4C3CC3=C2C(=O)C=C(C)C3=O)c(O)c1. The first-order valence-corrected chi connectivity index (χ1v) is 10.9. The molecule has 1 aliphatic heterocycles. The Balaban J connectivity index is 1.71. The molecular formula is C25H22N2O7. The quantitative estimate of drug-likeness (QED) is 0.388. The number of ketones is 2. The van der Waals surface area contributed by atoms with Crippen LogP contribution in [0.1, 0.15) is 31.2 Å². The second-order valence-corrected chi connectivity index (χ2v) is 9.00. The third-order valence-corrected chi connectivity index (χ3v) is 7.33. The van der Waals surface area contributed by atoms with Crippen molar-refractivity contribution in [1.82, 2.24) is 4.90 Å². The number of rotatable bonds is 2. The molecule has 0 bridgehead atoms. The number of amides is 4. The molecular weight excluding hydrogens is 440 g/mol. The average Bonchev–Trinajstić information content (AvgIpc) is 3.06. The number of Topliss-reactive ketones (excluding diaryl/α,β-unsaturated/α-hetero) is 1. The molecule has 0 aromatic heterocycles. The van der Waals surface area contributed by atoms with E-state index >= 15 is 0 Å². The number of nitrogens with zero attached hydrogens (tertiary/aromatic N) is 1. The van der Waals surface area contributed by atoms with Crippen LogP contribution >= 0.6 is 0 Å². The Morgan fingerprint density at radius 1 is 1.15 bits per heavy atom. The summed E-state index contributed by atoms with van der Waals surface area (Å²) in [6.45, 7) is 1.55. The Labute approximate surface area is 194 Å². The van der Waals surface area contributed by atoms with Crippen LogP contribution in [0.15, 0.2) is 52.6 Å². The van der Waals surface area contributed by atoms with Crippen molar-refractivity contribution in [2.45, 2.75) is 25.7 Å². The molecule has 4 amide bonds. The smallest absolute Gasteiger partial charge is 0.328 e. The minimum Gasteiger partial charge on any atom is -0.507 e. The van der Waals surface area contributed by atoms with Crippen LogP contribution in [0.4, 0.5) is 4.79 Å². The molecule has 1 saturated heterocycles. The molecule has 9 nitrogen and oxygen atoms in total. The molecule has 174 valence electrons. The van der Waals surface area contributed by atoms with Gasteiger partial charge in [-0.1, -0.05) is 17.7 Å². The number of methoxy groups -OCH3 is 1. The topological polar surface area (TPSA) is 144 Å². The molecule has 1 fully saturated rings. The monoisotopic (exact) mass is 462 g/mol. The van der Waals surface area contributed by atoms with Gasteiger partial charge in [-0.25, -0.2) is 4.79 Å². The standard InChI is InChI=1S/C25H22N2O7/c1-10-7-18(29)21-16(22(10)30)9-15-12(19(21)13-4-3-11(34-2)8-17(13)28)5-6-14-20(15)24(32)27(23(14)31)25(26)33/h3-5,7-8,14-15,19-20,28H,6,9H2,1-2H3,(H2,26,33). The molecule has 4 aliphatic rings. The van der Waals surface area contributed by atoms with E-state index in [1.807, 2.05) is 0 Å². The Bertz CT molecular complexity index is 1300. The fourth-order valence-electron chi connectivity index (χ4n) is 5.85. The van der Waals surface area contributed by atoms with Gasteiger partial charge in [0.05, 0.1) is 18.9 Å². The molecule has 3 aliphatic carbocycles. The first-order chi connectivity index (χ1) is 16.1. The number of carbonyl (C=O) groups is 5. The van der Waals surface area contributed by atoms with Crippen LogP contribution in [-0.2, 0) is 19.2 Å². The van der Waals surface area contributed by atoms with Gasteiger partial charge in [-0.2, -0.15) is 4.90 Å². The first kappa shape index (κ1) is 21.8. The summed E-state index contributed by atoms with van der Waals surface area (Å²) in [5, 5.41) is 10.8. The average molecular weight is 462 g/mol. The molecule has 1 aromatic carbocycles. The molecule has 1 heterocycles. The minimum absolute atomic E-state index is 0.0805. The van der Waals surface area contributed by atoms with Crippen molar-refractivity contribution >= 4 is 29.4 Å². The van der Waals surface area contributed by atoms with Crippen LogP contribution < -0.4 is 10.5 Å². The highest BCUT2D eigenvalue weighted by Crippen LogP contribution is 2.56. The molecule has 0 spiro atoms. The number of fused-ring (bicyclic) bond motifs is 3. The van der Waals surface area contributed by atoms with E-state index in [-0.39, 0.29) is 46.9 Å². The van der Waals surface area contributed by atoms with Crippen molar-refractivity contribution in [2.75, 3.05) is 7.11 Å². The number of imide groups is 3. The number of aromatic hydroxyl groups is 1. The maximum atomic E-state index is 13.2. The van der Waals surface area contributed by atoms with Crippen LogP contribution in [0.5, 0.6) is 11.5 Å². The number of primary amides is 1. The number of likely N-dealkylation sites (tertiary alicyclic amines) is 1. The Morgan fingerprint density at radius 2 is 1.88 bits per heavy atom. The van der Waals surface area contributed by atoms with E-state index in [1.165, 1.54) is 19.3 Å². The van der Waals surface area contributed by atoms with Gasteiger partial charge in [-0.3, -0.25) is 19.2 Å². The predicted octanol–water partition coefficient (Wildman–Crippen LogP) is 1.91. The van der Waals surface area contributed by atoms with Crippen LogP contribution in [0.3, 0.4) is 0 Å². The molecule has 4 atom stereocenters. The summed E-state index contributed by atoms with van der Waals surface area (Å²) in [5.41, 5.74) is 7.18. The Hall–Kier alpha value is -4.01. The zero-order chi connectivity index (χ0) is 24.5. The number of ether oxygens (including phenoxy) is 1. The predicted molar refractivity (Wildman–Crippen MR) is 117 cm³/mol. The van der Waals surface area contributed by atoms with E-state index in [4.69, 9.17) is 10.5 Å². The van der Waals surface area contributed by atoms with Gasteiger partial charge >= 0.3 is 6.03 Å². The van der Waals surface area contributed by atoms with Crippen LogP contribution in [0, 0.1) is 17.8 Å². The van der Waals surface area contributed by atoms with Crippen molar-refractivity contribution in [3.63, 3.8) is 0 Å². The van der Waals surface area contributed by atoms with Gasteiger partial charge in [0.1, 0.15) is 11.5 Å². The summed E-state index contributed by atoms with van der Waals surface area (Å²) in [6.07, 6.45) is 3.35. The minimum atomic E-state index is -1.13. The van der Waals surface area contributed by atoms with Gasteiger partial charge in [0.2, 0.25) is 11.8 Å². The Kier molecular flexibility index (Phi) is 4.82. The largest absolute Gasteiger partial charge is 0.507 e. The van der Waals surface area contributed by atoms with Gasteiger partial charge in [0, 0.05) is 34.3 Å². The summed E-state index contributed by atoms with van der Waals surface area (Å²) >= 11 is 0. The molecule has 5 rings (SSSR count). The summed E-state index contributed by atoms with van der Waals surface area (Å²) in [5.74, 6) is -4.74. The molecule has 3 N–H and O–H groups in total. The number of urea groups is 1. The van der Waals surface area contributed by atoms with Gasteiger partial charge in [-0.15, -0.1) is 0 Å². The molecule has 0 saturated carbocycles. The normalized spacial score (nSPS) is 28.2. The van der Waals surface area contributed by atoms with Crippen molar-refractivity contribution in [2.24, 2.45) is 23.5 Å². The third kappa shape index (κ3) is 2.89. The van der Waals surface area contributed by atoms with Crippen molar-refractivity contribution in [3.8, 4) is 11.5 Å². The number of phenolic OH excluding ortho intramolecular Hbond substituents is 1. The summed E-state index contributed by atoms with van der Waals surface area (Å²) < 4.78 is 5.17. The number of hydrogen-bond donors (Lipinski definition) is 2. The highest BCUT2D eigenvalue weighted by Gasteiger charge is 2.57. The molecule has 0 radical (unpaired) electrons. The summed E-state index contributed by atoms with van der Waals surface area (Å²) in [6, 6.07) is 3.55. The number of allylic oxidation sites excluding steroid dienone is 6. The van der Waals surface area contributed by atoms with Gasteiger partial charge < -0.3 is 15.6 Å². The lowest BCUT2D eigenvalue weighted by molar-refractivity contribution is -0.136. The molecule has 4 unspecified atom stereocenters. The summed E-state index contributed by atoms with van der Waals surface area (Å²) in [7, 11) is 1.46. The van der Waals surface area contributed by atoms with Gasteiger partial charge in [-0.05, 0) is 37.8 Å². The maximum absolute atomic E-state index is 13.2. The molecule has 1 aromatic rings. The van der Waals surface area contributed by atoms with E-state index in [2.05, 4.69) is 0 Å². The lowest BCUT2D eigenvalue weighted by Gasteiger charge is -2.42. The second kappa shape index (κ2) is 7.51. The third-order valence-electron chi connectivity index (χ3n) is 7.33. The number of phenols is 1. The zero-order valence-electron chi connectivity index (χ0n) is 18.5. The van der Waals surface area contributed by atoms with Gasteiger partial charge in [0.25, 0.3) is 0 Å². The van der Waals surface area contributed by atoms with Crippen molar-refractivity contribution in [3.05, 3.63) is 58.2 Å². The van der Waals surface area contributed by atoms with E-state index in [0.717, 1.165) is 0 Å². The van der Waals surface area contributed by atoms with Crippen molar-refractivity contribution in [1.29, 1.82) is 0 Å². The van der Waals surface area contributed by atoms with E-state index < -0.39 is 41.5 Å². The van der Waals surface area contributed by atoms with E-state index in [1.54, 1.807) is 25.1 Å². The number of nitrogens with two attached hydrogens (primary N) is 1. The van der Waals surface area contributed by atoms with E-state index in [9.17, 15) is 29.1 Å². The van der Waals surface area contributed by atoms with Crippen LogP contribution in [0.25, 0.3) is 0 Å². The highest BCUT2D eigenvalue weighted by molar-refractivity contribution is 6.24. The lowest BCUT2D eigenvalue weighted by Crippen LogP contribution is -2.42. The molecule has 34 heavy (non-hydrogen) atoms.